The van der Waals surface area contributed by atoms with Gasteiger partial charge in [-0.1, -0.05) is 19.4 Å². The fourth-order valence-electron chi connectivity index (χ4n) is 3.14. The van der Waals surface area contributed by atoms with Gasteiger partial charge in [-0.05, 0) is 43.5 Å². The van der Waals surface area contributed by atoms with Crippen molar-refractivity contribution in [1.29, 1.82) is 0 Å². The molecule has 0 radical (unpaired) electrons. The summed E-state index contributed by atoms with van der Waals surface area (Å²) in [6, 6.07) is 4.38. The van der Waals surface area contributed by atoms with Crippen LogP contribution in [-0.4, -0.2) is 40.8 Å². The van der Waals surface area contributed by atoms with E-state index in [1.807, 2.05) is 0 Å². The molecule has 1 aliphatic rings. The van der Waals surface area contributed by atoms with Gasteiger partial charge >= 0.3 is 5.97 Å². The summed E-state index contributed by atoms with van der Waals surface area (Å²) >= 11 is 0. The van der Waals surface area contributed by atoms with Crippen LogP contribution in [0.5, 0.6) is 11.5 Å². The second-order valence-corrected chi connectivity index (χ2v) is 5.47. The van der Waals surface area contributed by atoms with Gasteiger partial charge in [-0.3, -0.25) is 9.69 Å². The SMILES string of the molecule is CCC1CCCCN1C(C(=O)O)c1ccc(O)c(OC)c1. The number of nitrogens with zero attached hydrogens (tertiary/aromatic N) is 1. The zero-order chi connectivity index (χ0) is 15.4. The molecule has 2 rings (SSSR count). The van der Waals surface area contributed by atoms with Crippen molar-refractivity contribution in [3.63, 3.8) is 0 Å². The molecule has 116 valence electrons. The van der Waals surface area contributed by atoms with Gasteiger partial charge in [0.15, 0.2) is 11.5 Å². The fourth-order valence-corrected chi connectivity index (χ4v) is 3.14. The van der Waals surface area contributed by atoms with Gasteiger partial charge in [-0.25, -0.2) is 0 Å². The van der Waals surface area contributed by atoms with Crippen LogP contribution in [0.25, 0.3) is 0 Å². The van der Waals surface area contributed by atoms with Crippen LogP contribution in [0, 0.1) is 0 Å². The Morgan fingerprint density at radius 2 is 2.24 bits per heavy atom. The zero-order valence-corrected chi connectivity index (χ0v) is 12.6. The van der Waals surface area contributed by atoms with Gasteiger partial charge in [0.1, 0.15) is 6.04 Å². The predicted molar refractivity (Wildman–Crippen MR) is 79.7 cm³/mol. The lowest BCUT2D eigenvalue weighted by atomic mass is 9.94. The largest absolute Gasteiger partial charge is 0.504 e. The number of likely N-dealkylation sites (tertiary alicyclic amines) is 1. The third kappa shape index (κ3) is 3.29. The molecular formula is C16H23NO4. The summed E-state index contributed by atoms with van der Waals surface area (Å²) in [6.07, 6.45) is 4.16. The average molecular weight is 293 g/mol. The number of hydrogen-bond acceptors (Lipinski definition) is 4. The van der Waals surface area contributed by atoms with E-state index in [-0.39, 0.29) is 5.75 Å². The number of ether oxygens (including phenoxy) is 1. The van der Waals surface area contributed by atoms with Crippen LogP contribution < -0.4 is 4.74 Å². The summed E-state index contributed by atoms with van der Waals surface area (Å²) in [6.45, 7) is 2.89. The van der Waals surface area contributed by atoms with E-state index in [9.17, 15) is 15.0 Å². The highest BCUT2D eigenvalue weighted by molar-refractivity contribution is 5.76. The molecule has 0 spiro atoms. The van der Waals surface area contributed by atoms with Crippen LogP contribution in [-0.2, 0) is 4.79 Å². The number of aliphatic carboxylic acids is 1. The predicted octanol–water partition coefficient (Wildman–Crippen LogP) is 2.79. The lowest BCUT2D eigenvalue weighted by molar-refractivity contribution is -0.145. The first kappa shape index (κ1) is 15.6. The van der Waals surface area contributed by atoms with Crippen LogP contribution in [0.4, 0.5) is 0 Å². The number of rotatable bonds is 5. The van der Waals surface area contributed by atoms with E-state index in [4.69, 9.17) is 4.74 Å². The first-order valence-electron chi connectivity index (χ1n) is 7.44. The maximum absolute atomic E-state index is 11.8. The molecule has 0 amide bonds. The van der Waals surface area contributed by atoms with Crippen molar-refractivity contribution in [2.45, 2.75) is 44.7 Å². The van der Waals surface area contributed by atoms with Crippen molar-refractivity contribution < 1.29 is 19.7 Å². The molecule has 2 unspecified atom stereocenters. The molecular weight excluding hydrogens is 270 g/mol. The summed E-state index contributed by atoms with van der Waals surface area (Å²) in [5.74, 6) is -0.525. The topological polar surface area (TPSA) is 70.0 Å². The highest BCUT2D eigenvalue weighted by Crippen LogP contribution is 2.34. The molecule has 5 nitrogen and oxygen atoms in total. The molecule has 0 aliphatic carbocycles. The third-order valence-electron chi connectivity index (χ3n) is 4.23. The van der Waals surface area contributed by atoms with Crippen molar-refractivity contribution in [1.82, 2.24) is 4.90 Å². The van der Waals surface area contributed by atoms with E-state index in [0.717, 1.165) is 32.2 Å². The lowest BCUT2D eigenvalue weighted by Gasteiger charge is -2.39. The monoisotopic (exact) mass is 293 g/mol. The van der Waals surface area contributed by atoms with Crippen LogP contribution in [0.15, 0.2) is 18.2 Å². The minimum absolute atomic E-state index is 0.0241. The molecule has 1 aromatic carbocycles. The zero-order valence-electron chi connectivity index (χ0n) is 12.6. The molecule has 2 atom stereocenters. The lowest BCUT2D eigenvalue weighted by Crippen LogP contribution is -2.44. The number of aromatic hydroxyl groups is 1. The number of phenolic OH excluding ortho intramolecular Hbond substituents is 1. The molecule has 1 heterocycles. The number of piperidine rings is 1. The molecule has 1 fully saturated rings. The Labute approximate surface area is 125 Å². The van der Waals surface area contributed by atoms with Crippen molar-refractivity contribution in [3.05, 3.63) is 23.8 Å². The standard InChI is InChI=1S/C16H23NO4/c1-3-12-6-4-5-9-17(12)15(16(19)20)11-7-8-13(18)14(10-11)21-2/h7-8,10,12,15,18H,3-6,9H2,1-2H3,(H,19,20). The van der Waals surface area contributed by atoms with Gasteiger partial charge in [0, 0.05) is 6.04 Å². The van der Waals surface area contributed by atoms with Crippen LogP contribution in [0.2, 0.25) is 0 Å². The first-order chi connectivity index (χ1) is 10.1. The Morgan fingerprint density at radius 1 is 1.48 bits per heavy atom. The van der Waals surface area contributed by atoms with Crippen LogP contribution >= 0.6 is 0 Å². The van der Waals surface area contributed by atoms with E-state index >= 15 is 0 Å². The second kappa shape index (κ2) is 6.80. The molecule has 5 heteroatoms. The summed E-state index contributed by atoms with van der Waals surface area (Å²) in [5, 5.41) is 19.4. The van der Waals surface area contributed by atoms with E-state index in [1.165, 1.54) is 13.2 Å². The number of benzene rings is 1. The molecule has 21 heavy (non-hydrogen) atoms. The van der Waals surface area contributed by atoms with E-state index in [2.05, 4.69) is 11.8 Å². The highest BCUT2D eigenvalue weighted by atomic mass is 16.5. The molecule has 0 aromatic heterocycles. The second-order valence-electron chi connectivity index (χ2n) is 5.47. The van der Waals surface area contributed by atoms with Gasteiger partial charge in [-0.2, -0.15) is 0 Å². The quantitative estimate of drug-likeness (QED) is 0.873. The summed E-state index contributed by atoms with van der Waals surface area (Å²) in [5.41, 5.74) is 0.650. The van der Waals surface area contributed by atoms with Gasteiger partial charge in [-0.15, -0.1) is 0 Å². The Kier molecular flexibility index (Phi) is 5.07. The van der Waals surface area contributed by atoms with E-state index < -0.39 is 12.0 Å². The Hall–Kier alpha value is -1.75. The molecule has 1 saturated heterocycles. The average Bonchev–Trinajstić information content (AvgIpc) is 2.49. The minimum atomic E-state index is -0.858. The molecule has 0 saturated carbocycles. The van der Waals surface area contributed by atoms with Crippen LogP contribution in [0.3, 0.4) is 0 Å². The molecule has 1 aromatic rings. The maximum atomic E-state index is 11.8. The summed E-state index contributed by atoms with van der Waals surface area (Å²) in [4.78, 5) is 13.9. The van der Waals surface area contributed by atoms with Gasteiger partial charge in [0.2, 0.25) is 0 Å². The Morgan fingerprint density at radius 3 is 2.86 bits per heavy atom. The number of carboxylic acids is 1. The number of phenols is 1. The fraction of sp³-hybridized carbons (Fsp3) is 0.562. The summed E-state index contributed by atoms with van der Waals surface area (Å²) in [7, 11) is 1.46. The minimum Gasteiger partial charge on any atom is -0.504 e. The number of carboxylic acid groups (broad SMARTS) is 1. The van der Waals surface area contributed by atoms with Gasteiger partial charge in [0.25, 0.3) is 0 Å². The highest BCUT2D eigenvalue weighted by Gasteiger charge is 2.33. The van der Waals surface area contributed by atoms with Crippen molar-refractivity contribution in [2.75, 3.05) is 13.7 Å². The smallest absolute Gasteiger partial charge is 0.325 e. The molecule has 2 N–H and O–H groups in total. The summed E-state index contributed by atoms with van der Waals surface area (Å²) < 4.78 is 5.09. The number of hydrogen-bond donors (Lipinski definition) is 2. The third-order valence-corrected chi connectivity index (χ3v) is 4.23. The maximum Gasteiger partial charge on any atom is 0.325 e. The van der Waals surface area contributed by atoms with Crippen LogP contribution in [0.1, 0.15) is 44.2 Å². The Bertz CT molecular complexity index is 503. The van der Waals surface area contributed by atoms with Crippen molar-refractivity contribution >= 4 is 5.97 Å². The number of carbonyl (C=O) groups is 1. The van der Waals surface area contributed by atoms with Crippen molar-refractivity contribution in [2.24, 2.45) is 0 Å². The first-order valence-corrected chi connectivity index (χ1v) is 7.44. The Balaban J connectivity index is 2.36. The molecule has 1 aliphatic heterocycles. The normalized spacial score (nSPS) is 21.0. The van der Waals surface area contributed by atoms with Crippen molar-refractivity contribution in [3.8, 4) is 11.5 Å². The van der Waals surface area contributed by atoms with Gasteiger partial charge in [0.05, 0.1) is 7.11 Å². The van der Waals surface area contributed by atoms with Gasteiger partial charge < -0.3 is 14.9 Å². The number of methoxy groups -OCH3 is 1. The molecule has 0 bridgehead atoms. The van der Waals surface area contributed by atoms with E-state index in [0.29, 0.717) is 17.4 Å². The van der Waals surface area contributed by atoms with E-state index in [1.54, 1.807) is 12.1 Å².